The number of hydrogen-bond donors (Lipinski definition) is 0. The van der Waals surface area contributed by atoms with Gasteiger partial charge in [-0.2, -0.15) is 18.4 Å². The van der Waals surface area contributed by atoms with E-state index in [-0.39, 0.29) is 17.8 Å². The minimum absolute atomic E-state index is 0.0874. The lowest BCUT2D eigenvalue weighted by atomic mass is 9.77. The first-order chi connectivity index (χ1) is 21.2. The van der Waals surface area contributed by atoms with Crippen LogP contribution in [0.2, 0.25) is 0 Å². The van der Waals surface area contributed by atoms with Gasteiger partial charge in [0.15, 0.2) is 0 Å². The van der Waals surface area contributed by atoms with Gasteiger partial charge in [0.05, 0.1) is 29.9 Å². The second kappa shape index (κ2) is 11.3. The van der Waals surface area contributed by atoms with E-state index >= 15 is 0 Å². The maximum absolute atomic E-state index is 14.5. The van der Waals surface area contributed by atoms with Crippen molar-refractivity contribution in [3.63, 3.8) is 0 Å². The molecule has 0 spiro atoms. The second-order valence-corrected chi connectivity index (χ2v) is 10.7. The lowest BCUT2D eigenvalue weighted by Gasteiger charge is -2.35. The van der Waals surface area contributed by atoms with Gasteiger partial charge in [-0.25, -0.2) is 4.68 Å². The lowest BCUT2D eigenvalue weighted by Crippen LogP contribution is -2.38. The van der Waals surface area contributed by atoms with E-state index in [0.29, 0.717) is 22.5 Å². The van der Waals surface area contributed by atoms with Gasteiger partial charge in [-0.15, -0.1) is 5.10 Å². The van der Waals surface area contributed by atoms with E-state index < -0.39 is 17.3 Å². The van der Waals surface area contributed by atoms with Gasteiger partial charge in [-0.3, -0.25) is 0 Å². The maximum atomic E-state index is 14.5. The van der Waals surface area contributed by atoms with Gasteiger partial charge in [0.25, 0.3) is 0 Å². The molecule has 0 saturated carbocycles. The van der Waals surface area contributed by atoms with Crippen molar-refractivity contribution >= 4 is 0 Å². The quantitative estimate of drug-likeness (QED) is 0.177. The Morgan fingerprint density at radius 1 is 0.705 bits per heavy atom. The standard InChI is InChI=1S/C36H28F3N5/c1-25-33(28-20-18-27(22-40)19-21-28)34(36(37,38)39)26(2)43(25)23-32-24-44(42-41-32)35(29-12-6-3-7-13-29,30-14-8-4-9-15-30)31-16-10-5-11-17-31/h3-21,24H,23H2,1-2H3. The van der Waals surface area contributed by atoms with Crippen molar-refractivity contribution in [2.45, 2.75) is 32.1 Å². The molecule has 0 unspecified atom stereocenters. The van der Waals surface area contributed by atoms with Crippen molar-refractivity contribution < 1.29 is 13.2 Å². The van der Waals surface area contributed by atoms with Crippen LogP contribution in [0.3, 0.4) is 0 Å². The molecule has 4 aromatic carbocycles. The number of benzene rings is 4. The number of nitriles is 1. The Bertz CT molecular complexity index is 1840. The SMILES string of the molecule is Cc1c(-c2ccc(C#N)cc2)c(C(F)(F)F)c(C)n1Cc1cn(C(c2ccccc2)(c2ccccc2)c2ccccc2)nn1. The Kier molecular flexibility index (Phi) is 7.40. The Labute approximate surface area is 253 Å². The predicted molar refractivity (Wildman–Crippen MR) is 163 cm³/mol. The maximum Gasteiger partial charge on any atom is 0.418 e. The Morgan fingerprint density at radius 2 is 1.20 bits per heavy atom. The molecule has 0 atom stereocenters. The minimum atomic E-state index is -4.58. The summed E-state index contributed by atoms with van der Waals surface area (Å²) in [5, 5.41) is 18.3. The number of rotatable bonds is 7. The van der Waals surface area contributed by atoms with Crippen molar-refractivity contribution in [1.29, 1.82) is 5.26 Å². The average molecular weight is 588 g/mol. The average Bonchev–Trinajstić information content (AvgIpc) is 3.61. The fourth-order valence-corrected chi connectivity index (χ4v) is 6.16. The molecule has 0 saturated heterocycles. The topological polar surface area (TPSA) is 59.4 Å². The summed E-state index contributed by atoms with van der Waals surface area (Å²) >= 11 is 0. The van der Waals surface area contributed by atoms with Crippen molar-refractivity contribution in [3.05, 3.63) is 166 Å². The van der Waals surface area contributed by atoms with Crippen LogP contribution in [0.5, 0.6) is 0 Å². The van der Waals surface area contributed by atoms with Crippen molar-refractivity contribution in [2.75, 3.05) is 0 Å². The van der Waals surface area contributed by atoms with Crippen LogP contribution in [0.25, 0.3) is 11.1 Å². The monoisotopic (exact) mass is 587 g/mol. The van der Waals surface area contributed by atoms with Crippen LogP contribution in [0, 0.1) is 25.2 Å². The number of alkyl halides is 3. The molecular weight excluding hydrogens is 559 g/mol. The minimum Gasteiger partial charge on any atom is -0.342 e. The van der Waals surface area contributed by atoms with Crippen molar-refractivity contribution in [2.24, 2.45) is 0 Å². The summed E-state index contributed by atoms with van der Waals surface area (Å²) in [6.07, 6.45) is -2.76. The molecule has 0 aliphatic heterocycles. The zero-order valence-electron chi connectivity index (χ0n) is 24.1. The normalized spacial score (nSPS) is 11.8. The fourth-order valence-electron chi connectivity index (χ4n) is 6.16. The van der Waals surface area contributed by atoms with E-state index in [1.54, 1.807) is 23.6 Å². The molecule has 8 heteroatoms. The third-order valence-electron chi connectivity index (χ3n) is 8.15. The molecule has 0 aliphatic rings. The van der Waals surface area contributed by atoms with Gasteiger partial charge in [-0.05, 0) is 48.2 Å². The molecule has 0 amide bonds. The van der Waals surface area contributed by atoms with Gasteiger partial charge in [0, 0.05) is 17.0 Å². The van der Waals surface area contributed by atoms with Crippen LogP contribution >= 0.6 is 0 Å². The highest BCUT2D eigenvalue weighted by Gasteiger charge is 2.41. The van der Waals surface area contributed by atoms with E-state index in [1.165, 1.54) is 19.1 Å². The number of halogens is 3. The zero-order valence-corrected chi connectivity index (χ0v) is 24.1. The molecule has 0 aliphatic carbocycles. The first kappa shape index (κ1) is 28.7. The molecule has 6 aromatic rings. The smallest absolute Gasteiger partial charge is 0.342 e. The third-order valence-corrected chi connectivity index (χ3v) is 8.15. The van der Waals surface area contributed by atoms with E-state index in [1.807, 2.05) is 108 Å². The summed E-state index contributed by atoms with van der Waals surface area (Å²) in [6.45, 7) is 3.25. The first-order valence-electron chi connectivity index (χ1n) is 14.1. The summed E-state index contributed by atoms with van der Waals surface area (Å²) in [5.41, 5.74) is 3.23. The van der Waals surface area contributed by atoms with Gasteiger partial charge in [0.1, 0.15) is 11.2 Å². The van der Waals surface area contributed by atoms with E-state index in [4.69, 9.17) is 0 Å². The number of aromatic nitrogens is 4. The van der Waals surface area contributed by atoms with Crippen LogP contribution in [-0.4, -0.2) is 19.6 Å². The van der Waals surface area contributed by atoms with E-state index in [0.717, 1.165) is 16.7 Å². The molecular formula is C36H28F3N5. The molecule has 0 N–H and O–H groups in total. The third kappa shape index (κ3) is 4.86. The summed E-state index contributed by atoms with van der Waals surface area (Å²) in [4.78, 5) is 0. The molecule has 2 aromatic heterocycles. The van der Waals surface area contributed by atoms with Crippen molar-refractivity contribution in [3.8, 4) is 17.2 Å². The van der Waals surface area contributed by atoms with Crippen LogP contribution in [0.4, 0.5) is 13.2 Å². The molecule has 5 nitrogen and oxygen atoms in total. The highest BCUT2D eigenvalue weighted by atomic mass is 19.4. The first-order valence-corrected chi connectivity index (χ1v) is 14.1. The molecule has 2 heterocycles. The Morgan fingerprint density at radius 3 is 1.66 bits per heavy atom. The number of hydrogen-bond acceptors (Lipinski definition) is 3. The Hall–Kier alpha value is -5.42. The van der Waals surface area contributed by atoms with Crippen molar-refractivity contribution in [1.82, 2.24) is 19.6 Å². The summed E-state index contributed by atoms with van der Waals surface area (Å²) < 4.78 is 46.9. The van der Waals surface area contributed by atoms with Gasteiger partial charge in [0.2, 0.25) is 0 Å². The summed E-state index contributed by atoms with van der Waals surface area (Å²) in [5.74, 6) is 0. The predicted octanol–water partition coefficient (Wildman–Crippen LogP) is 8.14. The largest absolute Gasteiger partial charge is 0.418 e. The van der Waals surface area contributed by atoms with E-state index in [2.05, 4.69) is 10.3 Å². The van der Waals surface area contributed by atoms with Gasteiger partial charge < -0.3 is 4.57 Å². The van der Waals surface area contributed by atoms with Crippen LogP contribution in [0.1, 0.15) is 44.9 Å². The van der Waals surface area contributed by atoms with Crippen LogP contribution in [0.15, 0.2) is 121 Å². The van der Waals surface area contributed by atoms with Crippen LogP contribution < -0.4 is 0 Å². The summed E-state index contributed by atoms with van der Waals surface area (Å²) in [6, 6.07) is 38.2. The zero-order chi connectivity index (χ0) is 30.9. The lowest BCUT2D eigenvalue weighted by molar-refractivity contribution is -0.137. The second-order valence-electron chi connectivity index (χ2n) is 10.7. The molecule has 0 bridgehead atoms. The molecule has 0 radical (unpaired) electrons. The Balaban J connectivity index is 1.51. The molecule has 218 valence electrons. The van der Waals surface area contributed by atoms with Gasteiger partial charge >= 0.3 is 6.18 Å². The highest BCUT2D eigenvalue weighted by Crippen LogP contribution is 2.44. The molecule has 6 rings (SSSR count). The molecule has 44 heavy (non-hydrogen) atoms. The fraction of sp³-hybridized carbons (Fsp3) is 0.139. The molecule has 0 fully saturated rings. The highest BCUT2D eigenvalue weighted by molar-refractivity contribution is 5.73. The van der Waals surface area contributed by atoms with Crippen LogP contribution in [-0.2, 0) is 18.3 Å². The summed E-state index contributed by atoms with van der Waals surface area (Å²) in [7, 11) is 0. The number of nitrogens with zero attached hydrogens (tertiary/aromatic N) is 5. The van der Waals surface area contributed by atoms with E-state index in [9.17, 15) is 18.4 Å². The van der Waals surface area contributed by atoms with Gasteiger partial charge in [-0.1, -0.05) is 108 Å².